The van der Waals surface area contributed by atoms with E-state index in [1.807, 2.05) is 12.3 Å². The Kier molecular flexibility index (Phi) is 3.41. The lowest BCUT2D eigenvalue weighted by Gasteiger charge is -2.29. The van der Waals surface area contributed by atoms with Gasteiger partial charge < -0.3 is 10.1 Å². The number of carbonyl (C=O) groups excluding carboxylic acids is 1. The van der Waals surface area contributed by atoms with E-state index < -0.39 is 0 Å². The molecule has 1 aromatic heterocycles. The van der Waals surface area contributed by atoms with Crippen molar-refractivity contribution in [2.45, 2.75) is 19.1 Å². The van der Waals surface area contributed by atoms with E-state index in [4.69, 9.17) is 16.3 Å². The lowest BCUT2D eigenvalue weighted by Crippen LogP contribution is -2.51. The van der Waals surface area contributed by atoms with Crippen LogP contribution in [0.15, 0.2) is 11.4 Å². The molecule has 2 rings (SSSR count). The van der Waals surface area contributed by atoms with Gasteiger partial charge in [-0.05, 0) is 18.4 Å². The van der Waals surface area contributed by atoms with Crippen LogP contribution in [0.4, 0.5) is 0 Å². The summed E-state index contributed by atoms with van der Waals surface area (Å²) in [5, 5.41) is 4.98. The number of thiophene rings is 1. The van der Waals surface area contributed by atoms with Gasteiger partial charge in [0.25, 0.3) is 0 Å². The molecular weight excluding hydrogens is 234 g/mol. The van der Waals surface area contributed by atoms with Crippen molar-refractivity contribution in [3.05, 3.63) is 21.3 Å². The normalized spacial score (nSPS) is 26.5. The van der Waals surface area contributed by atoms with Gasteiger partial charge in [-0.2, -0.15) is 0 Å². The third kappa shape index (κ3) is 2.23. The van der Waals surface area contributed by atoms with Crippen LogP contribution in [0.5, 0.6) is 0 Å². The minimum atomic E-state index is -0.272. The lowest BCUT2D eigenvalue weighted by molar-refractivity contribution is 0.0111. The van der Waals surface area contributed by atoms with E-state index in [1.54, 1.807) is 6.07 Å². The van der Waals surface area contributed by atoms with Gasteiger partial charge in [0.05, 0.1) is 18.8 Å². The van der Waals surface area contributed by atoms with E-state index in [0.717, 1.165) is 0 Å². The molecule has 1 N–H and O–H groups in total. The molecule has 0 bridgehead atoms. The average Bonchev–Trinajstić information content (AvgIpc) is 2.64. The largest absolute Gasteiger partial charge is 0.375 e. The molecule has 82 valence electrons. The highest BCUT2D eigenvalue weighted by molar-refractivity contribution is 7.14. The summed E-state index contributed by atoms with van der Waals surface area (Å²) >= 11 is 7.30. The summed E-state index contributed by atoms with van der Waals surface area (Å²) in [5.41, 5.74) is 0.594. The van der Waals surface area contributed by atoms with Crippen LogP contribution in [-0.4, -0.2) is 31.1 Å². The van der Waals surface area contributed by atoms with Gasteiger partial charge in [-0.1, -0.05) is 11.6 Å². The van der Waals surface area contributed by atoms with Crippen LogP contribution < -0.4 is 5.32 Å². The molecule has 5 heteroatoms. The molecule has 1 aliphatic rings. The van der Waals surface area contributed by atoms with Crippen LogP contribution >= 0.6 is 22.9 Å². The second-order valence-corrected chi connectivity index (χ2v) is 5.00. The number of nitrogens with one attached hydrogen (secondary N) is 1. The Morgan fingerprint density at radius 1 is 1.73 bits per heavy atom. The van der Waals surface area contributed by atoms with Crippen molar-refractivity contribution in [3.63, 3.8) is 0 Å². The number of morpholine rings is 1. The molecule has 0 radical (unpaired) electrons. The Bertz CT molecular complexity index is 366. The second kappa shape index (κ2) is 4.61. The van der Waals surface area contributed by atoms with Crippen molar-refractivity contribution < 1.29 is 9.53 Å². The van der Waals surface area contributed by atoms with Gasteiger partial charge in [0.1, 0.15) is 4.34 Å². The van der Waals surface area contributed by atoms with E-state index in [2.05, 4.69) is 5.32 Å². The highest BCUT2D eigenvalue weighted by Gasteiger charge is 2.30. The van der Waals surface area contributed by atoms with Crippen molar-refractivity contribution in [2.24, 2.45) is 0 Å². The number of carbonyl (C=O) groups is 1. The van der Waals surface area contributed by atoms with E-state index >= 15 is 0 Å². The first-order valence-electron chi connectivity index (χ1n) is 4.82. The van der Waals surface area contributed by atoms with Crippen LogP contribution in [0.2, 0.25) is 4.34 Å². The summed E-state index contributed by atoms with van der Waals surface area (Å²) in [6.45, 7) is 3.26. The predicted molar refractivity (Wildman–Crippen MR) is 60.9 cm³/mol. The molecule has 15 heavy (non-hydrogen) atoms. The minimum Gasteiger partial charge on any atom is -0.375 e. The zero-order valence-corrected chi connectivity index (χ0v) is 9.90. The van der Waals surface area contributed by atoms with Crippen LogP contribution in [-0.2, 0) is 4.74 Å². The van der Waals surface area contributed by atoms with Crippen molar-refractivity contribution in [1.82, 2.24) is 5.32 Å². The van der Waals surface area contributed by atoms with Crippen LogP contribution in [0.1, 0.15) is 17.3 Å². The first kappa shape index (κ1) is 11.1. The fourth-order valence-electron chi connectivity index (χ4n) is 1.66. The Labute approximate surface area is 97.4 Å². The predicted octanol–water partition coefficient (Wildman–Crippen LogP) is 1.96. The minimum absolute atomic E-state index is 0.0217. The lowest BCUT2D eigenvalue weighted by atomic mass is 10.0. The summed E-state index contributed by atoms with van der Waals surface area (Å²) < 4.78 is 5.98. The average molecular weight is 246 g/mol. The first-order chi connectivity index (χ1) is 7.20. The van der Waals surface area contributed by atoms with Gasteiger partial charge in [0.15, 0.2) is 5.78 Å². The molecular formula is C10H12ClNO2S. The van der Waals surface area contributed by atoms with Crippen molar-refractivity contribution >= 4 is 28.7 Å². The highest BCUT2D eigenvalue weighted by Crippen LogP contribution is 2.25. The van der Waals surface area contributed by atoms with Gasteiger partial charge >= 0.3 is 0 Å². The van der Waals surface area contributed by atoms with Crippen LogP contribution in [0.3, 0.4) is 0 Å². The maximum absolute atomic E-state index is 12.1. The van der Waals surface area contributed by atoms with Crippen LogP contribution in [0, 0.1) is 0 Å². The second-order valence-electron chi connectivity index (χ2n) is 3.48. The molecule has 1 saturated heterocycles. The Balaban J connectivity index is 2.17. The molecule has 1 aliphatic heterocycles. The van der Waals surface area contributed by atoms with E-state index in [1.165, 1.54) is 11.3 Å². The third-order valence-electron chi connectivity index (χ3n) is 2.48. The third-order valence-corrected chi connectivity index (χ3v) is 3.65. The quantitative estimate of drug-likeness (QED) is 0.810. The summed E-state index contributed by atoms with van der Waals surface area (Å²) in [6, 6.07) is 1.49. The molecule has 0 aromatic carbocycles. The van der Waals surface area contributed by atoms with Gasteiger partial charge in [0, 0.05) is 12.1 Å². The van der Waals surface area contributed by atoms with Crippen molar-refractivity contribution in [3.8, 4) is 0 Å². The van der Waals surface area contributed by atoms with Crippen molar-refractivity contribution in [2.75, 3.05) is 13.2 Å². The number of rotatable bonds is 2. The Morgan fingerprint density at radius 3 is 3.13 bits per heavy atom. The molecule has 2 heterocycles. The first-order valence-corrected chi connectivity index (χ1v) is 6.08. The molecule has 2 atom stereocenters. The molecule has 0 spiro atoms. The molecule has 1 aromatic rings. The number of halogens is 1. The summed E-state index contributed by atoms with van der Waals surface area (Å²) in [5.74, 6) is 0.0217. The Morgan fingerprint density at radius 2 is 2.53 bits per heavy atom. The van der Waals surface area contributed by atoms with E-state index in [-0.39, 0.29) is 17.9 Å². The highest BCUT2D eigenvalue weighted by atomic mass is 35.5. The number of Topliss-reactive ketones (excluding diaryl/α,β-unsaturated/α-hetero) is 1. The fourth-order valence-corrected chi connectivity index (χ4v) is 2.59. The molecule has 2 unspecified atom stereocenters. The van der Waals surface area contributed by atoms with Gasteiger partial charge in [-0.25, -0.2) is 0 Å². The van der Waals surface area contributed by atoms with Gasteiger partial charge in [-0.3, -0.25) is 4.79 Å². The van der Waals surface area contributed by atoms with E-state index in [0.29, 0.717) is 23.1 Å². The SMILES string of the molecule is CC1OCCNC1C(=O)c1ccsc1Cl. The number of hydrogen-bond acceptors (Lipinski definition) is 4. The topological polar surface area (TPSA) is 38.3 Å². The molecule has 3 nitrogen and oxygen atoms in total. The molecule has 0 amide bonds. The maximum Gasteiger partial charge on any atom is 0.184 e. The zero-order chi connectivity index (χ0) is 10.8. The van der Waals surface area contributed by atoms with Crippen LogP contribution in [0.25, 0.3) is 0 Å². The van der Waals surface area contributed by atoms with Gasteiger partial charge in [0.2, 0.25) is 0 Å². The van der Waals surface area contributed by atoms with Gasteiger partial charge in [-0.15, -0.1) is 11.3 Å². The molecule has 0 aliphatic carbocycles. The molecule has 1 fully saturated rings. The number of ketones is 1. The van der Waals surface area contributed by atoms with E-state index in [9.17, 15) is 4.79 Å². The monoisotopic (exact) mass is 245 g/mol. The summed E-state index contributed by atoms with van der Waals surface area (Å²) in [6.07, 6.45) is -0.0952. The Hall–Kier alpha value is -0.420. The smallest absolute Gasteiger partial charge is 0.184 e. The number of hydrogen-bond donors (Lipinski definition) is 1. The number of ether oxygens (including phenoxy) is 1. The molecule has 0 saturated carbocycles. The zero-order valence-electron chi connectivity index (χ0n) is 8.33. The van der Waals surface area contributed by atoms with Crippen molar-refractivity contribution in [1.29, 1.82) is 0 Å². The standard InChI is InChI=1S/C10H12ClNO2S/c1-6-8(12-3-4-14-6)9(13)7-2-5-15-10(7)11/h2,5-6,8,12H,3-4H2,1H3. The maximum atomic E-state index is 12.1. The fraction of sp³-hybridized carbons (Fsp3) is 0.500. The summed E-state index contributed by atoms with van der Waals surface area (Å²) in [4.78, 5) is 12.1. The summed E-state index contributed by atoms with van der Waals surface area (Å²) in [7, 11) is 0.